The Hall–Kier alpha value is -2.94. The van der Waals surface area contributed by atoms with E-state index in [4.69, 9.17) is 9.26 Å². The van der Waals surface area contributed by atoms with Crippen LogP contribution in [0.2, 0.25) is 0 Å². The van der Waals surface area contributed by atoms with Gasteiger partial charge in [0.15, 0.2) is 15.7 Å². The van der Waals surface area contributed by atoms with Crippen LogP contribution >= 0.6 is 0 Å². The number of hydrogen-bond donors (Lipinski definition) is 0. The van der Waals surface area contributed by atoms with E-state index in [0.29, 0.717) is 41.2 Å². The summed E-state index contributed by atoms with van der Waals surface area (Å²) in [6.07, 6.45) is 2.96. The maximum absolute atomic E-state index is 11.6. The van der Waals surface area contributed by atoms with Crippen LogP contribution < -0.4 is 9.64 Å². The van der Waals surface area contributed by atoms with Crippen molar-refractivity contribution in [3.05, 3.63) is 48.4 Å². The van der Waals surface area contributed by atoms with Gasteiger partial charge in [-0.05, 0) is 35.6 Å². The lowest BCUT2D eigenvalue weighted by atomic mass is 10.1. The van der Waals surface area contributed by atoms with Gasteiger partial charge in [0.05, 0.1) is 11.5 Å². The molecule has 1 saturated heterocycles. The summed E-state index contributed by atoms with van der Waals surface area (Å²) in [7, 11) is -3.20. The molecule has 9 heteroatoms. The Morgan fingerprint density at radius 2 is 1.78 bits per heavy atom. The van der Waals surface area contributed by atoms with Crippen molar-refractivity contribution in [2.75, 3.05) is 30.9 Å². The van der Waals surface area contributed by atoms with Gasteiger partial charge in [0.25, 0.3) is 0 Å². The number of benzene rings is 1. The molecule has 3 heterocycles. The monoisotopic (exact) mass is 454 g/mol. The van der Waals surface area contributed by atoms with Gasteiger partial charge < -0.3 is 14.2 Å². The highest BCUT2D eigenvalue weighted by Crippen LogP contribution is 2.52. The largest absolute Gasteiger partial charge is 0.477 e. The van der Waals surface area contributed by atoms with E-state index >= 15 is 0 Å². The van der Waals surface area contributed by atoms with Gasteiger partial charge >= 0.3 is 6.01 Å². The third kappa shape index (κ3) is 4.09. The summed E-state index contributed by atoms with van der Waals surface area (Å²) >= 11 is 0. The molecule has 32 heavy (non-hydrogen) atoms. The third-order valence-electron chi connectivity index (χ3n) is 6.37. The van der Waals surface area contributed by atoms with Crippen LogP contribution in [0.3, 0.4) is 0 Å². The fourth-order valence-electron chi connectivity index (χ4n) is 4.35. The van der Waals surface area contributed by atoms with Crippen molar-refractivity contribution in [1.82, 2.24) is 15.1 Å². The number of rotatable bonds is 7. The summed E-state index contributed by atoms with van der Waals surface area (Å²) < 4.78 is 34.6. The smallest absolute Gasteiger partial charge is 0.324 e. The lowest BCUT2D eigenvalue weighted by Crippen LogP contribution is -2.25. The first kappa shape index (κ1) is 20.9. The Morgan fingerprint density at radius 3 is 2.34 bits per heavy atom. The Kier molecular flexibility index (Phi) is 5.16. The van der Waals surface area contributed by atoms with E-state index < -0.39 is 9.84 Å². The molecule has 1 aliphatic heterocycles. The van der Waals surface area contributed by atoms with Crippen molar-refractivity contribution in [2.45, 2.75) is 24.7 Å². The van der Waals surface area contributed by atoms with Crippen LogP contribution in [0.15, 0.2) is 52.0 Å². The fourth-order valence-corrected chi connectivity index (χ4v) is 4.99. The number of piperidine rings is 1. The lowest BCUT2D eigenvalue weighted by molar-refractivity contribution is 0.272. The third-order valence-corrected chi connectivity index (χ3v) is 7.49. The van der Waals surface area contributed by atoms with Crippen LogP contribution in [0.25, 0.3) is 11.1 Å². The SMILES string of the molecule is CC(C)c1noc(N2CC3C(COc4ccc(-c5ccc(S(C)(=O)=O)cc5)cn4)C3C2)n1. The molecule has 168 valence electrons. The highest BCUT2D eigenvalue weighted by molar-refractivity contribution is 7.90. The van der Waals surface area contributed by atoms with Gasteiger partial charge in [-0.2, -0.15) is 4.98 Å². The van der Waals surface area contributed by atoms with E-state index in [1.165, 1.54) is 6.26 Å². The molecule has 0 spiro atoms. The van der Waals surface area contributed by atoms with Crippen LogP contribution in [0.4, 0.5) is 6.01 Å². The van der Waals surface area contributed by atoms with Crippen LogP contribution in [0.1, 0.15) is 25.6 Å². The summed E-state index contributed by atoms with van der Waals surface area (Å²) in [4.78, 5) is 11.4. The first-order chi connectivity index (χ1) is 15.3. The predicted octanol–water partition coefficient (Wildman–Crippen LogP) is 3.42. The summed E-state index contributed by atoms with van der Waals surface area (Å²) in [6.45, 7) is 6.61. The molecule has 1 aliphatic carbocycles. The molecular weight excluding hydrogens is 428 g/mol. The molecule has 1 saturated carbocycles. The molecule has 8 nitrogen and oxygen atoms in total. The lowest BCUT2D eigenvalue weighted by Gasteiger charge is -2.16. The fraction of sp³-hybridized carbons (Fsp3) is 0.435. The molecule has 2 unspecified atom stereocenters. The molecule has 2 atom stereocenters. The zero-order valence-corrected chi connectivity index (χ0v) is 19.1. The molecule has 1 aromatic carbocycles. The molecule has 2 aromatic heterocycles. The first-order valence-corrected chi connectivity index (χ1v) is 12.7. The van der Waals surface area contributed by atoms with Gasteiger partial charge in [-0.1, -0.05) is 31.1 Å². The second kappa shape index (κ2) is 7.88. The second-order valence-electron chi connectivity index (χ2n) is 8.98. The zero-order chi connectivity index (χ0) is 22.5. The Labute approximate surface area is 187 Å². The van der Waals surface area contributed by atoms with E-state index in [1.807, 2.05) is 12.1 Å². The van der Waals surface area contributed by atoms with Crippen molar-refractivity contribution in [2.24, 2.45) is 17.8 Å². The number of aromatic nitrogens is 3. The minimum absolute atomic E-state index is 0.261. The van der Waals surface area contributed by atoms with Crippen molar-refractivity contribution in [3.8, 4) is 17.0 Å². The van der Waals surface area contributed by atoms with Crippen molar-refractivity contribution in [1.29, 1.82) is 0 Å². The topological polar surface area (TPSA) is 98.4 Å². The van der Waals surface area contributed by atoms with E-state index in [-0.39, 0.29) is 5.92 Å². The number of sulfone groups is 1. The van der Waals surface area contributed by atoms with Gasteiger partial charge in [-0.15, -0.1) is 0 Å². The van der Waals surface area contributed by atoms with Gasteiger partial charge in [0.2, 0.25) is 5.88 Å². The second-order valence-corrected chi connectivity index (χ2v) is 11.0. The van der Waals surface area contributed by atoms with Gasteiger partial charge in [-0.3, -0.25) is 0 Å². The number of ether oxygens (including phenoxy) is 1. The molecule has 0 N–H and O–H groups in total. The Morgan fingerprint density at radius 1 is 1.09 bits per heavy atom. The van der Waals surface area contributed by atoms with Crippen LogP contribution in [0, 0.1) is 17.8 Å². The summed E-state index contributed by atoms with van der Waals surface area (Å²) in [5, 5.41) is 4.05. The highest BCUT2D eigenvalue weighted by Gasteiger charge is 2.56. The molecule has 0 radical (unpaired) electrons. The minimum atomic E-state index is -3.20. The first-order valence-electron chi connectivity index (χ1n) is 10.8. The number of fused-ring (bicyclic) bond motifs is 1. The average Bonchev–Trinajstić information content (AvgIpc) is 3.16. The van der Waals surface area contributed by atoms with Crippen LogP contribution in [-0.4, -0.2) is 49.5 Å². The zero-order valence-electron chi connectivity index (χ0n) is 18.3. The number of nitrogens with zero attached hydrogens (tertiary/aromatic N) is 4. The molecule has 5 rings (SSSR count). The minimum Gasteiger partial charge on any atom is -0.477 e. The summed E-state index contributed by atoms with van der Waals surface area (Å²) in [5.41, 5.74) is 1.83. The maximum Gasteiger partial charge on any atom is 0.324 e. The number of anilines is 1. The number of hydrogen-bond acceptors (Lipinski definition) is 8. The van der Waals surface area contributed by atoms with Crippen LogP contribution in [-0.2, 0) is 9.84 Å². The Bertz CT molecular complexity index is 1190. The quantitative estimate of drug-likeness (QED) is 0.536. The van der Waals surface area contributed by atoms with Crippen molar-refractivity contribution in [3.63, 3.8) is 0 Å². The van der Waals surface area contributed by atoms with Crippen molar-refractivity contribution >= 4 is 15.9 Å². The van der Waals surface area contributed by atoms with E-state index in [1.54, 1.807) is 30.5 Å². The van der Waals surface area contributed by atoms with Gasteiger partial charge in [0.1, 0.15) is 0 Å². The molecule has 0 amide bonds. The molecule has 3 aromatic rings. The number of pyridine rings is 1. The maximum atomic E-state index is 11.6. The Balaban J connectivity index is 1.13. The average molecular weight is 455 g/mol. The van der Waals surface area contributed by atoms with Gasteiger partial charge in [0, 0.05) is 49.0 Å². The standard InChI is InChI=1S/C23H26N4O4S/c1-14(2)22-25-23(31-26-22)27-11-18-19(12-27)20(18)13-30-21-9-6-16(10-24-21)15-4-7-17(8-5-15)32(3,28)29/h4-10,14,18-20H,11-13H2,1-3H3. The van der Waals surface area contributed by atoms with Gasteiger partial charge in [-0.25, -0.2) is 13.4 Å². The highest BCUT2D eigenvalue weighted by atomic mass is 32.2. The summed E-state index contributed by atoms with van der Waals surface area (Å²) in [6, 6.07) is 11.2. The predicted molar refractivity (Wildman–Crippen MR) is 119 cm³/mol. The normalized spacial score (nSPS) is 22.2. The van der Waals surface area contributed by atoms with E-state index in [0.717, 1.165) is 30.0 Å². The van der Waals surface area contributed by atoms with Crippen LogP contribution in [0.5, 0.6) is 5.88 Å². The van der Waals surface area contributed by atoms with Crippen molar-refractivity contribution < 1.29 is 17.7 Å². The van der Waals surface area contributed by atoms with E-state index in [2.05, 4.69) is 33.9 Å². The summed E-state index contributed by atoms with van der Waals surface area (Å²) in [5.74, 6) is 3.33. The molecule has 2 fully saturated rings. The molecular formula is C23H26N4O4S. The van der Waals surface area contributed by atoms with E-state index in [9.17, 15) is 8.42 Å². The molecule has 2 aliphatic rings. The molecule has 0 bridgehead atoms.